The van der Waals surface area contributed by atoms with Crippen molar-refractivity contribution in [2.45, 2.75) is 26.9 Å². The van der Waals surface area contributed by atoms with Crippen LogP contribution >= 0.6 is 0 Å². The molecule has 0 spiro atoms. The summed E-state index contributed by atoms with van der Waals surface area (Å²) in [6.07, 6.45) is 3.64. The number of hydrogen-bond acceptors (Lipinski definition) is 7. The highest BCUT2D eigenvalue weighted by molar-refractivity contribution is 6.09. The Morgan fingerprint density at radius 1 is 1.05 bits per heavy atom. The molecule has 3 rings (SSSR count). The first kappa shape index (κ1) is 28.5. The van der Waals surface area contributed by atoms with Gasteiger partial charge in [0.15, 0.2) is 11.5 Å². The standard InChI is InChI=1S/C30H29N3O6/c1-4-7-23-16-22(17-24(19-31)30(34)32-25-10-14-27(15-11-25)37-5-2)18-28(38-6-3)29(23)39-20-21-8-12-26(13-9-21)33(35)36/h4,8-18H,1,5-7,20H2,2-3H3,(H,32,34)/b24-17+. The van der Waals surface area contributed by atoms with Crippen LogP contribution in [-0.2, 0) is 17.8 Å². The minimum Gasteiger partial charge on any atom is -0.494 e. The van der Waals surface area contributed by atoms with Crippen molar-refractivity contribution in [1.82, 2.24) is 0 Å². The molecule has 1 N–H and O–H groups in total. The predicted molar refractivity (Wildman–Crippen MR) is 149 cm³/mol. The van der Waals surface area contributed by atoms with Gasteiger partial charge in [-0.3, -0.25) is 14.9 Å². The lowest BCUT2D eigenvalue weighted by Crippen LogP contribution is -2.13. The zero-order valence-corrected chi connectivity index (χ0v) is 21.8. The summed E-state index contributed by atoms with van der Waals surface area (Å²) in [7, 11) is 0. The molecule has 9 nitrogen and oxygen atoms in total. The number of nitriles is 1. The van der Waals surface area contributed by atoms with Crippen LogP contribution in [-0.4, -0.2) is 24.0 Å². The molecule has 0 atom stereocenters. The lowest BCUT2D eigenvalue weighted by molar-refractivity contribution is -0.384. The quantitative estimate of drug-likeness (QED) is 0.0916. The number of hydrogen-bond donors (Lipinski definition) is 1. The van der Waals surface area contributed by atoms with Gasteiger partial charge in [0.1, 0.15) is 24.0 Å². The predicted octanol–water partition coefficient (Wildman–Crippen LogP) is 6.25. The van der Waals surface area contributed by atoms with Crippen molar-refractivity contribution >= 4 is 23.4 Å². The molecule has 0 heterocycles. The maximum Gasteiger partial charge on any atom is 0.269 e. The normalized spacial score (nSPS) is 10.7. The smallest absolute Gasteiger partial charge is 0.269 e. The average Bonchev–Trinajstić information content (AvgIpc) is 2.93. The van der Waals surface area contributed by atoms with Crippen LogP contribution in [0.1, 0.15) is 30.5 Å². The van der Waals surface area contributed by atoms with Crippen LogP contribution in [0.2, 0.25) is 0 Å². The zero-order chi connectivity index (χ0) is 28.2. The first-order valence-electron chi connectivity index (χ1n) is 12.3. The van der Waals surface area contributed by atoms with Crippen LogP contribution in [0.5, 0.6) is 17.2 Å². The number of nitro groups is 1. The molecule has 0 aliphatic carbocycles. The molecule has 0 aliphatic rings. The zero-order valence-electron chi connectivity index (χ0n) is 21.8. The van der Waals surface area contributed by atoms with E-state index in [0.717, 1.165) is 11.1 Å². The number of amides is 1. The van der Waals surface area contributed by atoms with E-state index in [9.17, 15) is 20.2 Å². The first-order chi connectivity index (χ1) is 18.9. The monoisotopic (exact) mass is 527 g/mol. The lowest BCUT2D eigenvalue weighted by atomic mass is 10.0. The molecular formula is C30H29N3O6. The Morgan fingerprint density at radius 2 is 1.74 bits per heavy atom. The van der Waals surface area contributed by atoms with Crippen LogP contribution in [0.25, 0.3) is 6.08 Å². The molecule has 0 unspecified atom stereocenters. The number of nitrogens with zero attached hydrogens (tertiary/aromatic N) is 2. The van der Waals surface area contributed by atoms with Gasteiger partial charge in [-0.2, -0.15) is 5.26 Å². The Balaban J connectivity index is 1.87. The van der Waals surface area contributed by atoms with E-state index in [4.69, 9.17) is 14.2 Å². The minimum atomic E-state index is -0.552. The second-order valence-electron chi connectivity index (χ2n) is 8.23. The van der Waals surface area contributed by atoms with Gasteiger partial charge >= 0.3 is 0 Å². The molecule has 0 fully saturated rings. The van der Waals surface area contributed by atoms with Crippen molar-refractivity contribution in [3.63, 3.8) is 0 Å². The highest BCUT2D eigenvalue weighted by atomic mass is 16.6. The summed E-state index contributed by atoms with van der Waals surface area (Å²) in [5, 5.41) is 23.3. The maximum atomic E-state index is 12.8. The second-order valence-corrected chi connectivity index (χ2v) is 8.23. The molecule has 200 valence electrons. The fourth-order valence-electron chi connectivity index (χ4n) is 3.68. The third-order valence-electron chi connectivity index (χ3n) is 5.45. The number of allylic oxidation sites excluding steroid dienone is 1. The van der Waals surface area contributed by atoms with E-state index in [1.165, 1.54) is 18.2 Å². The SMILES string of the molecule is C=CCc1cc(/C=C(\C#N)C(=O)Nc2ccc(OCC)cc2)cc(OCC)c1OCc1ccc([N+](=O)[O-])cc1. The van der Waals surface area contributed by atoms with Crippen LogP contribution in [0.15, 0.2) is 78.9 Å². The third-order valence-corrected chi connectivity index (χ3v) is 5.45. The number of nitro benzene ring substituents is 1. The van der Waals surface area contributed by atoms with E-state index in [1.807, 2.05) is 19.9 Å². The highest BCUT2D eigenvalue weighted by Crippen LogP contribution is 2.35. The summed E-state index contributed by atoms with van der Waals surface area (Å²) in [4.78, 5) is 23.3. The van der Waals surface area contributed by atoms with Gasteiger partial charge in [0.25, 0.3) is 11.6 Å². The fourth-order valence-corrected chi connectivity index (χ4v) is 3.68. The summed E-state index contributed by atoms with van der Waals surface area (Å²) >= 11 is 0. The van der Waals surface area contributed by atoms with E-state index in [1.54, 1.807) is 54.6 Å². The van der Waals surface area contributed by atoms with Crippen LogP contribution < -0.4 is 19.5 Å². The van der Waals surface area contributed by atoms with E-state index < -0.39 is 10.8 Å². The molecule has 3 aromatic rings. The number of non-ortho nitro benzene ring substituents is 1. The molecule has 0 aromatic heterocycles. The van der Waals surface area contributed by atoms with Crippen molar-refractivity contribution in [3.8, 4) is 23.3 Å². The van der Waals surface area contributed by atoms with Crippen molar-refractivity contribution in [2.24, 2.45) is 0 Å². The Labute approximate surface area is 227 Å². The van der Waals surface area contributed by atoms with Gasteiger partial charge in [0, 0.05) is 23.4 Å². The summed E-state index contributed by atoms with van der Waals surface area (Å²) in [5.74, 6) is 1.06. The first-order valence-corrected chi connectivity index (χ1v) is 12.3. The van der Waals surface area contributed by atoms with Crippen LogP contribution in [0, 0.1) is 21.4 Å². The number of nitrogens with one attached hydrogen (secondary N) is 1. The van der Waals surface area contributed by atoms with Crippen LogP contribution in [0.4, 0.5) is 11.4 Å². The topological polar surface area (TPSA) is 124 Å². The van der Waals surface area contributed by atoms with E-state index in [-0.39, 0.29) is 17.9 Å². The van der Waals surface area contributed by atoms with Gasteiger partial charge < -0.3 is 19.5 Å². The minimum absolute atomic E-state index is 0.00269. The van der Waals surface area contributed by atoms with Gasteiger partial charge in [-0.25, -0.2) is 0 Å². The number of rotatable bonds is 13. The van der Waals surface area contributed by atoms with Crippen molar-refractivity contribution in [2.75, 3.05) is 18.5 Å². The fraction of sp³-hybridized carbons (Fsp3) is 0.200. The third kappa shape index (κ3) is 7.94. The number of carbonyl (C=O) groups excluding carboxylic acids is 1. The molecule has 0 saturated carbocycles. The maximum absolute atomic E-state index is 12.8. The highest BCUT2D eigenvalue weighted by Gasteiger charge is 2.16. The summed E-state index contributed by atoms with van der Waals surface area (Å²) in [6, 6.07) is 18.4. The number of benzene rings is 3. The number of anilines is 1. The van der Waals surface area contributed by atoms with Gasteiger partial charge in [-0.1, -0.05) is 6.08 Å². The van der Waals surface area contributed by atoms with E-state index in [2.05, 4.69) is 11.9 Å². The van der Waals surface area contributed by atoms with Crippen molar-refractivity contribution in [1.29, 1.82) is 5.26 Å². The molecule has 0 saturated heterocycles. The van der Waals surface area contributed by atoms with Gasteiger partial charge in [-0.05, 0) is 86.0 Å². The van der Waals surface area contributed by atoms with Gasteiger partial charge in [0.2, 0.25) is 0 Å². The van der Waals surface area contributed by atoms with E-state index in [0.29, 0.717) is 48.1 Å². The Hall–Kier alpha value is -5.10. The summed E-state index contributed by atoms with van der Waals surface area (Å²) in [6.45, 7) is 8.58. The molecule has 9 heteroatoms. The Kier molecular flexibility index (Phi) is 10.2. The molecule has 1 amide bonds. The summed E-state index contributed by atoms with van der Waals surface area (Å²) in [5.41, 5.74) is 2.51. The number of ether oxygens (including phenoxy) is 3. The van der Waals surface area contributed by atoms with Gasteiger partial charge in [-0.15, -0.1) is 6.58 Å². The van der Waals surface area contributed by atoms with Crippen LogP contribution in [0.3, 0.4) is 0 Å². The summed E-state index contributed by atoms with van der Waals surface area (Å²) < 4.78 is 17.3. The molecule has 0 bridgehead atoms. The Bertz CT molecular complexity index is 1390. The largest absolute Gasteiger partial charge is 0.494 e. The van der Waals surface area contributed by atoms with Crippen molar-refractivity contribution in [3.05, 3.63) is 106 Å². The second kappa shape index (κ2) is 14.0. The molecule has 39 heavy (non-hydrogen) atoms. The van der Waals surface area contributed by atoms with E-state index >= 15 is 0 Å². The number of carbonyl (C=O) groups is 1. The molecular weight excluding hydrogens is 498 g/mol. The lowest BCUT2D eigenvalue weighted by Gasteiger charge is -2.17. The Morgan fingerprint density at radius 3 is 2.33 bits per heavy atom. The van der Waals surface area contributed by atoms with Crippen molar-refractivity contribution < 1.29 is 23.9 Å². The molecule has 0 aliphatic heterocycles. The van der Waals surface area contributed by atoms with Gasteiger partial charge in [0.05, 0.1) is 18.1 Å². The molecule has 3 aromatic carbocycles. The average molecular weight is 528 g/mol. The molecule has 0 radical (unpaired) electrons.